The van der Waals surface area contributed by atoms with Crippen LogP contribution in [0.1, 0.15) is 5.56 Å². The molecule has 0 amide bonds. The molecule has 0 spiro atoms. The van der Waals surface area contributed by atoms with Crippen LogP contribution in [0.15, 0.2) is 33.9 Å². The average molecular weight is 326 g/mol. The summed E-state index contributed by atoms with van der Waals surface area (Å²) in [5.41, 5.74) is 0.569. The van der Waals surface area contributed by atoms with E-state index >= 15 is 0 Å². The molecule has 15 heavy (non-hydrogen) atoms. The molecule has 0 radical (unpaired) electrons. The lowest BCUT2D eigenvalue weighted by atomic mass is 10.2. The Morgan fingerprint density at radius 1 is 1.20 bits per heavy atom. The molecule has 0 saturated heterocycles. The molecule has 1 aromatic carbocycles. The van der Waals surface area contributed by atoms with E-state index in [2.05, 4.69) is 0 Å². The second kappa shape index (κ2) is 4.78. The van der Waals surface area contributed by atoms with Gasteiger partial charge in [0.1, 0.15) is 0 Å². The minimum Gasteiger partial charge on any atom is -0.283 e. The van der Waals surface area contributed by atoms with Crippen LogP contribution in [0.3, 0.4) is 0 Å². The lowest BCUT2D eigenvalue weighted by Crippen LogP contribution is -2.22. The fourth-order valence-electron chi connectivity index (χ4n) is 0.897. The van der Waals surface area contributed by atoms with E-state index in [1.807, 2.05) is 0 Å². The first-order valence-electron chi connectivity index (χ1n) is 3.95. The first-order valence-corrected chi connectivity index (χ1v) is 5.03. The summed E-state index contributed by atoms with van der Waals surface area (Å²) in [6, 6.07) is 8.38. The number of halogens is 4. The smallest absolute Gasteiger partial charge is 0.283 e. The van der Waals surface area contributed by atoms with Crippen LogP contribution >= 0.6 is 22.6 Å². The Labute approximate surface area is 98.1 Å². The van der Waals surface area contributed by atoms with Crippen molar-refractivity contribution in [3.8, 4) is 0 Å². The molecule has 0 aromatic heterocycles. The van der Waals surface area contributed by atoms with E-state index in [1.165, 1.54) is 28.7 Å². The number of benzene rings is 1. The maximum Gasteiger partial charge on any atom is 0.455 e. The largest absolute Gasteiger partial charge is 0.455 e. The molecule has 0 aliphatic heterocycles. The summed E-state index contributed by atoms with van der Waals surface area (Å²) < 4.78 is 35.7. The van der Waals surface area contributed by atoms with E-state index in [9.17, 15) is 18.0 Å². The summed E-state index contributed by atoms with van der Waals surface area (Å²) in [6.07, 6.45) is -3.60. The van der Waals surface area contributed by atoms with Crippen LogP contribution in [0.5, 0.6) is 0 Å². The second-order valence-electron chi connectivity index (χ2n) is 2.73. The SMILES string of the molecule is O=C(C(I)=Cc1ccccc1)C(F)(F)F. The Hall–Kier alpha value is -0.850. The highest BCUT2D eigenvalue weighted by Gasteiger charge is 2.39. The Kier molecular flexibility index (Phi) is 3.90. The van der Waals surface area contributed by atoms with Gasteiger partial charge in [-0.25, -0.2) is 0 Å². The van der Waals surface area contributed by atoms with E-state index < -0.39 is 12.0 Å². The standard InChI is InChI=1S/C10H6F3IO/c11-10(12,13)9(15)8(14)6-7-4-2-1-3-5-7/h1-6H. The van der Waals surface area contributed by atoms with Gasteiger partial charge in [0.2, 0.25) is 0 Å². The van der Waals surface area contributed by atoms with Gasteiger partial charge in [0, 0.05) is 0 Å². The Bertz CT molecular complexity index is 381. The van der Waals surface area contributed by atoms with Crippen molar-refractivity contribution in [1.29, 1.82) is 0 Å². The zero-order valence-electron chi connectivity index (χ0n) is 7.38. The highest BCUT2D eigenvalue weighted by molar-refractivity contribution is 14.1. The lowest BCUT2D eigenvalue weighted by molar-refractivity contribution is -0.165. The molecule has 1 aromatic rings. The van der Waals surface area contributed by atoms with Crippen LogP contribution in [0.4, 0.5) is 13.2 Å². The van der Waals surface area contributed by atoms with Gasteiger partial charge < -0.3 is 0 Å². The molecular formula is C10H6F3IO. The van der Waals surface area contributed by atoms with Crippen molar-refractivity contribution >= 4 is 34.5 Å². The van der Waals surface area contributed by atoms with Crippen molar-refractivity contribution in [1.82, 2.24) is 0 Å². The molecule has 0 atom stereocenters. The van der Waals surface area contributed by atoms with E-state index in [0.717, 1.165) is 0 Å². The molecule has 1 nitrogen and oxygen atoms in total. The van der Waals surface area contributed by atoms with E-state index in [1.54, 1.807) is 30.3 Å². The number of ketones is 1. The monoisotopic (exact) mass is 326 g/mol. The number of rotatable bonds is 2. The van der Waals surface area contributed by atoms with Crippen molar-refractivity contribution in [2.24, 2.45) is 0 Å². The quantitative estimate of drug-likeness (QED) is 0.600. The fraction of sp³-hybridized carbons (Fsp3) is 0.100. The third kappa shape index (κ3) is 3.65. The van der Waals surface area contributed by atoms with Crippen molar-refractivity contribution in [3.05, 3.63) is 39.5 Å². The van der Waals surface area contributed by atoms with Crippen LogP contribution in [0.2, 0.25) is 0 Å². The van der Waals surface area contributed by atoms with Gasteiger partial charge in [-0.15, -0.1) is 0 Å². The second-order valence-corrected chi connectivity index (χ2v) is 3.89. The molecule has 0 aliphatic rings. The zero-order chi connectivity index (χ0) is 11.5. The molecule has 0 N–H and O–H groups in total. The molecule has 0 aliphatic carbocycles. The summed E-state index contributed by atoms with van der Waals surface area (Å²) in [4.78, 5) is 10.8. The van der Waals surface area contributed by atoms with Crippen LogP contribution in [-0.2, 0) is 4.79 Å². The number of Topliss-reactive ketones (excluding diaryl/α,β-unsaturated/α-hetero) is 1. The first-order chi connectivity index (χ1) is 6.91. The number of hydrogen-bond donors (Lipinski definition) is 0. The lowest BCUT2D eigenvalue weighted by Gasteiger charge is -2.03. The van der Waals surface area contributed by atoms with Gasteiger partial charge in [-0.1, -0.05) is 30.3 Å². The number of alkyl halides is 3. The molecule has 1 rings (SSSR count). The Morgan fingerprint density at radius 3 is 2.20 bits per heavy atom. The zero-order valence-corrected chi connectivity index (χ0v) is 9.54. The van der Waals surface area contributed by atoms with Crippen LogP contribution in [0.25, 0.3) is 6.08 Å². The minimum atomic E-state index is -4.80. The third-order valence-corrected chi connectivity index (χ3v) is 2.37. The molecule has 0 unspecified atom stereocenters. The topological polar surface area (TPSA) is 17.1 Å². The van der Waals surface area contributed by atoms with E-state index in [-0.39, 0.29) is 3.58 Å². The van der Waals surface area contributed by atoms with Gasteiger partial charge >= 0.3 is 6.18 Å². The predicted octanol–water partition coefficient (Wildman–Crippen LogP) is 3.59. The Morgan fingerprint density at radius 2 is 1.73 bits per heavy atom. The molecule has 0 fully saturated rings. The highest BCUT2D eigenvalue weighted by Crippen LogP contribution is 2.25. The van der Waals surface area contributed by atoms with Gasteiger partial charge in [0.15, 0.2) is 0 Å². The first kappa shape index (κ1) is 12.2. The molecular weight excluding hydrogens is 320 g/mol. The predicted molar refractivity (Wildman–Crippen MR) is 59.5 cm³/mol. The van der Waals surface area contributed by atoms with Crippen LogP contribution < -0.4 is 0 Å². The number of carbonyl (C=O) groups excluding carboxylic acids is 1. The number of hydrogen-bond acceptors (Lipinski definition) is 1. The maximum atomic E-state index is 12.0. The van der Waals surface area contributed by atoms with Crippen molar-refractivity contribution in [2.45, 2.75) is 6.18 Å². The molecule has 80 valence electrons. The molecule has 5 heteroatoms. The van der Waals surface area contributed by atoms with Gasteiger partial charge in [-0.3, -0.25) is 4.79 Å². The molecule has 0 saturated carbocycles. The summed E-state index contributed by atoms with van der Waals surface area (Å²) in [7, 11) is 0. The minimum absolute atomic E-state index is 0.341. The van der Waals surface area contributed by atoms with Gasteiger partial charge in [0.25, 0.3) is 5.78 Å². The number of allylic oxidation sites excluding steroid dienone is 1. The van der Waals surface area contributed by atoms with Crippen molar-refractivity contribution in [3.63, 3.8) is 0 Å². The molecule has 0 heterocycles. The van der Waals surface area contributed by atoms with Gasteiger partial charge in [-0.2, -0.15) is 13.2 Å². The number of carbonyl (C=O) groups is 1. The van der Waals surface area contributed by atoms with E-state index in [4.69, 9.17) is 0 Å². The van der Waals surface area contributed by atoms with Gasteiger partial charge in [0.05, 0.1) is 3.58 Å². The molecule has 0 bridgehead atoms. The fourth-order valence-corrected chi connectivity index (χ4v) is 1.56. The summed E-state index contributed by atoms with van der Waals surface area (Å²) in [5, 5.41) is 0. The third-order valence-electron chi connectivity index (χ3n) is 1.57. The summed E-state index contributed by atoms with van der Waals surface area (Å²) >= 11 is 1.39. The van der Waals surface area contributed by atoms with Crippen molar-refractivity contribution in [2.75, 3.05) is 0 Å². The summed E-state index contributed by atoms with van der Waals surface area (Å²) in [5.74, 6) is -1.81. The van der Waals surface area contributed by atoms with Gasteiger partial charge in [-0.05, 0) is 34.2 Å². The van der Waals surface area contributed by atoms with Crippen molar-refractivity contribution < 1.29 is 18.0 Å². The average Bonchev–Trinajstić information content (AvgIpc) is 2.16. The van der Waals surface area contributed by atoms with Crippen LogP contribution in [0, 0.1) is 0 Å². The highest BCUT2D eigenvalue weighted by atomic mass is 127. The van der Waals surface area contributed by atoms with Crippen LogP contribution in [-0.4, -0.2) is 12.0 Å². The van der Waals surface area contributed by atoms with E-state index in [0.29, 0.717) is 5.56 Å². The Balaban J connectivity index is 2.91. The normalized spacial score (nSPS) is 12.7. The summed E-state index contributed by atoms with van der Waals surface area (Å²) in [6.45, 7) is 0. The maximum absolute atomic E-state index is 12.0.